The minimum absolute atomic E-state index is 0.0382. The van der Waals surface area contributed by atoms with E-state index in [9.17, 15) is 27.9 Å². The zero-order valence-corrected chi connectivity index (χ0v) is 21.2. The maximum absolute atomic E-state index is 13.7. The van der Waals surface area contributed by atoms with E-state index in [0.717, 1.165) is 35.5 Å². The Labute approximate surface area is 214 Å². The molecule has 13 heteroatoms. The number of hydrogen-bond donors (Lipinski definition) is 1. The summed E-state index contributed by atoms with van der Waals surface area (Å²) in [6.07, 6.45) is 5.24. The molecule has 4 rings (SSSR count). The van der Waals surface area contributed by atoms with Gasteiger partial charge >= 0.3 is 12.0 Å². The topological polar surface area (TPSA) is 149 Å². The van der Waals surface area contributed by atoms with Crippen molar-refractivity contribution in [3.8, 4) is 5.75 Å². The first-order chi connectivity index (χ1) is 17.6. The Hall–Kier alpha value is -4.00. The summed E-state index contributed by atoms with van der Waals surface area (Å²) in [7, 11) is -2.30. The molecule has 12 nitrogen and oxygen atoms in total. The summed E-state index contributed by atoms with van der Waals surface area (Å²) in [6.45, 7) is -0.481. The summed E-state index contributed by atoms with van der Waals surface area (Å²) < 4.78 is 29.5. The lowest BCUT2D eigenvalue weighted by Gasteiger charge is -2.37. The molecule has 1 aliphatic carbocycles. The molecule has 3 amide bonds. The second-order valence-electron chi connectivity index (χ2n) is 8.82. The number of sulfone groups is 1. The van der Waals surface area contributed by atoms with E-state index in [4.69, 9.17) is 4.74 Å². The molecule has 0 saturated heterocycles. The molecule has 2 aromatic rings. The van der Waals surface area contributed by atoms with Crippen molar-refractivity contribution in [2.75, 3.05) is 29.8 Å². The minimum atomic E-state index is -3.66. The van der Waals surface area contributed by atoms with Crippen LogP contribution in [0.4, 0.5) is 16.2 Å². The molecule has 2 aliphatic rings. The van der Waals surface area contributed by atoms with Crippen LogP contribution in [0.2, 0.25) is 0 Å². The van der Waals surface area contributed by atoms with Gasteiger partial charge < -0.3 is 9.84 Å². The summed E-state index contributed by atoms with van der Waals surface area (Å²) in [5.74, 6) is -1.70. The summed E-state index contributed by atoms with van der Waals surface area (Å²) in [5.41, 5.74) is 0.271. The number of aromatic carboxylic acids is 1. The number of rotatable bonds is 6. The Morgan fingerprint density at radius 2 is 1.78 bits per heavy atom. The summed E-state index contributed by atoms with van der Waals surface area (Å²) in [6, 6.07) is 9.47. The van der Waals surface area contributed by atoms with Crippen LogP contribution in [0, 0.1) is 0 Å². The van der Waals surface area contributed by atoms with Gasteiger partial charge in [0.25, 0.3) is 5.91 Å². The molecular weight excluding hydrogens is 502 g/mol. The normalized spacial score (nSPS) is 16.5. The van der Waals surface area contributed by atoms with Crippen LogP contribution in [0.1, 0.15) is 42.5 Å². The van der Waals surface area contributed by atoms with Crippen LogP contribution in [0.15, 0.2) is 57.8 Å². The molecule has 37 heavy (non-hydrogen) atoms. The summed E-state index contributed by atoms with van der Waals surface area (Å²) in [5, 5.41) is 19.2. The molecule has 0 spiro atoms. The second-order valence-corrected chi connectivity index (χ2v) is 10.8. The number of benzene rings is 2. The molecule has 196 valence electrons. The molecule has 0 aromatic heterocycles. The fourth-order valence-electron chi connectivity index (χ4n) is 4.55. The molecule has 1 N–H and O–H groups in total. The average Bonchev–Trinajstić information content (AvgIpc) is 2.88. The number of nitrogens with zero attached hydrogens (tertiary/aromatic N) is 5. The van der Waals surface area contributed by atoms with Crippen molar-refractivity contribution in [3.63, 3.8) is 0 Å². The lowest BCUT2D eigenvalue weighted by atomic mass is 9.93. The van der Waals surface area contributed by atoms with Crippen molar-refractivity contribution in [3.05, 3.63) is 48.0 Å². The van der Waals surface area contributed by atoms with Gasteiger partial charge in [0.15, 0.2) is 9.84 Å². The fourth-order valence-corrected chi connectivity index (χ4v) is 5.41. The summed E-state index contributed by atoms with van der Waals surface area (Å²) >= 11 is 0. The minimum Gasteiger partial charge on any atom is -0.496 e. The predicted molar refractivity (Wildman–Crippen MR) is 133 cm³/mol. The first-order valence-corrected chi connectivity index (χ1v) is 13.6. The highest BCUT2D eigenvalue weighted by atomic mass is 32.2. The quantitative estimate of drug-likeness (QED) is 0.600. The van der Waals surface area contributed by atoms with E-state index < -0.39 is 34.3 Å². The van der Waals surface area contributed by atoms with Crippen LogP contribution in [-0.4, -0.2) is 62.4 Å². The Kier molecular flexibility index (Phi) is 7.43. The van der Waals surface area contributed by atoms with E-state index in [0.29, 0.717) is 18.5 Å². The number of hydrogen-bond acceptors (Lipinski definition) is 8. The van der Waals surface area contributed by atoms with Gasteiger partial charge in [0, 0.05) is 18.0 Å². The summed E-state index contributed by atoms with van der Waals surface area (Å²) in [4.78, 5) is 39.9. The van der Waals surface area contributed by atoms with Crippen molar-refractivity contribution >= 4 is 39.1 Å². The van der Waals surface area contributed by atoms with E-state index in [1.807, 2.05) is 0 Å². The SMILES string of the molecule is COc1ccc(N(C(=O)N2CC(=O)N(c3ccccc3S(C)(=O)=O)N=N2)C2CCCCC2)cc1C(=O)O. The second kappa shape index (κ2) is 10.5. The van der Waals surface area contributed by atoms with Crippen LogP contribution >= 0.6 is 0 Å². The molecular formula is C24H27N5O7S. The van der Waals surface area contributed by atoms with E-state index in [1.165, 1.54) is 42.3 Å². The van der Waals surface area contributed by atoms with Gasteiger partial charge in [-0.1, -0.05) is 31.4 Å². The highest BCUT2D eigenvalue weighted by molar-refractivity contribution is 7.90. The first-order valence-electron chi connectivity index (χ1n) is 11.7. The lowest BCUT2D eigenvalue weighted by Crippen LogP contribution is -2.51. The molecule has 1 heterocycles. The van der Waals surface area contributed by atoms with Crippen LogP contribution < -0.4 is 14.6 Å². The number of carboxylic acid groups (broad SMARTS) is 1. The Balaban J connectivity index is 1.68. The molecule has 1 fully saturated rings. The number of methoxy groups -OCH3 is 1. The van der Waals surface area contributed by atoms with Crippen LogP contribution in [0.3, 0.4) is 0 Å². The molecule has 0 atom stereocenters. The number of carbonyl (C=O) groups excluding carboxylic acids is 2. The number of para-hydroxylation sites is 1. The van der Waals surface area contributed by atoms with Gasteiger partial charge in [0.2, 0.25) is 0 Å². The van der Waals surface area contributed by atoms with Gasteiger partial charge in [-0.05, 0) is 53.6 Å². The zero-order valence-electron chi connectivity index (χ0n) is 20.4. The van der Waals surface area contributed by atoms with Gasteiger partial charge in [-0.15, -0.1) is 0 Å². The lowest BCUT2D eigenvalue weighted by molar-refractivity contribution is -0.120. The number of urea groups is 1. The molecule has 0 unspecified atom stereocenters. The maximum atomic E-state index is 13.7. The third-order valence-corrected chi connectivity index (χ3v) is 7.45. The van der Waals surface area contributed by atoms with Gasteiger partial charge in [0.1, 0.15) is 17.9 Å². The first kappa shape index (κ1) is 26.1. The average molecular weight is 530 g/mol. The van der Waals surface area contributed by atoms with Crippen molar-refractivity contribution in [2.24, 2.45) is 10.4 Å². The Bertz CT molecular complexity index is 1360. The van der Waals surface area contributed by atoms with E-state index in [-0.39, 0.29) is 27.9 Å². The number of amides is 3. The number of anilines is 2. The van der Waals surface area contributed by atoms with Crippen molar-refractivity contribution in [2.45, 2.75) is 43.0 Å². The van der Waals surface area contributed by atoms with Crippen molar-refractivity contribution in [1.29, 1.82) is 0 Å². The molecule has 0 bridgehead atoms. The number of carbonyl (C=O) groups is 3. The number of ether oxygens (including phenoxy) is 1. The van der Waals surface area contributed by atoms with Gasteiger partial charge in [-0.2, -0.15) is 10.0 Å². The third-order valence-electron chi connectivity index (χ3n) is 6.31. The highest BCUT2D eigenvalue weighted by Gasteiger charge is 2.36. The van der Waals surface area contributed by atoms with E-state index >= 15 is 0 Å². The van der Waals surface area contributed by atoms with Crippen molar-refractivity contribution in [1.82, 2.24) is 5.01 Å². The monoisotopic (exact) mass is 529 g/mol. The van der Waals surface area contributed by atoms with E-state index in [2.05, 4.69) is 10.4 Å². The molecule has 0 radical (unpaired) electrons. The van der Waals surface area contributed by atoms with Crippen LogP contribution in [-0.2, 0) is 14.6 Å². The third kappa shape index (κ3) is 5.40. The maximum Gasteiger partial charge on any atom is 0.347 e. The van der Waals surface area contributed by atoms with Gasteiger partial charge in [0.05, 0.1) is 17.7 Å². The largest absolute Gasteiger partial charge is 0.496 e. The van der Waals surface area contributed by atoms with Crippen LogP contribution in [0.5, 0.6) is 5.75 Å². The highest BCUT2D eigenvalue weighted by Crippen LogP contribution is 2.33. The molecule has 2 aromatic carbocycles. The van der Waals surface area contributed by atoms with Crippen molar-refractivity contribution < 1.29 is 32.6 Å². The predicted octanol–water partition coefficient (Wildman–Crippen LogP) is 3.69. The fraction of sp³-hybridized carbons (Fsp3) is 0.375. The molecule has 1 aliphatic heterocycles. The zero-order chi connectivity index (χ0) is 26.7. The number of carboxylic acids is 1. The Morgan fingerprint density at radius 1 is 1.08 bits per heavy atom. The standard InChI is InChI=1S/C24H27N5O7S/c1-36-20-13-12-17(14-18(20)23(31)32)28(16-8-4-3-5-9-16)24(33)27-15-22(30)29(26-25-27)19-10-6-7-11-21(19)37(2,34)35/h6-7,10-14,16H,3-5,8-9,15H2,1-2H3,(H,31,32). The van der Waals surface area contributed by atoms with Gasteiger partial charge in [-0.25, -0.2) is 18.0 Å². The smallest absolute Gasteiger partial charge is 0.347 e. The van der Waals surface area contributed by atoms with E-state index in [1.54, 1.807) is 12.1 Å². The van der Waals surface area contributed by atoms with Gasteiger partial charge in [-0.3, -0.25) is 9.69 Å². The molecule has 1 saturated carbocycles. The Morgan fingerprint density at radius 3 is 2.41 bits per heavy atom. The van der Waals surface area contributed by atoms with Crippen LogP contribution in [0.25, 0.3) is 0 Å².